The summed E-state index contributed by atoms with van der Waals surface area (Å²) in [4.78, 5) is 27.7. The molecule has 1 amide bonds. The van der Waals surface area contributed by atoms with Crippen LogP contribution in [0.15, 0.2) is 108 Å². The normalized spacial score (nSPS) is 18.9. The average molecular weight is 576 g/mol. The van der Waals surface area contributed by atoms with Gasteiger partial charge in [-0.25, -0.2) is 13.2 Å². The standard InChI is InChI=1S/C31H26ClNO6S/c1-39-27-14-8-6-11-23(27)20-15-17-21(18-16-20)30(34)33-26(31(35)36)19-28(29(33)24-12-5-7-13-25(24)32)40(37,38)22-9-3-2-4-10-22/h2-18,26,28-29H,19H2,1H3,(H,35,36)/t26?,28-,29?/m0/s1. The van der Waals surface area contributed by atoms with Gasteiger partial charge in [0.15, 0.2) is 9.84 Å². The molecule has 4 aromatic rings. The minimum absolute atomic E-state index is 0.0525. The molecule has 204 valence electrons. The van der Waals surface area contributed by atoms with Crippen molar-refractivity contribution in [2.24, 2.45) is 0 Å². The SMILES string of the molecule is COc1ccccc1-c1ccc(C(=O)N2C(C(=O)O)C[C@H](S(=O)(=O)c3ccccc3)C2c2ccccc2Cl)cc1. The fourth-order valence-corrected chi connectivity index (χ4v) is 7.48. The number of likely N-dealkylation sites (tertiary alicyclic amines) is 1. The molecular formula is C31H26ClNO6S. The fourth-order valence-electron chi connectivity index (χ4n) is 5.29. The van der Waals surface area contributed by atoms with Crippen molar-refractivity contribution in [1.82, 2.24) is 4.90 Å². The summed E-state index contributed by atoms with van der Waals surface area (Å²) in [5.41, 5.74) is 2.23. The molecule has 4 aromatic carbocycles. The number of carbonyl (C=O) groups excluding carboxylic acids is 1. The van der Waals surface area contributed by atoms with Crippen LogP contribution in [-0.4, -0.2) is 48.7 Å². The van der Waals surface area contributed by atoms with Gasteiger partial charge in [0.25, 0.3) is 5.91 Å². The molecule has 0 saturated carbocycles. The minimum Gasteiger partial charge on any atom is -0.496 e. The number of ether oxygens (including phenoxy) is 1. The van der Waals surface area contributed by atoms with Gasteiger partial charge in [-0.3, -0.25) is 4.79 Å². The van der Waals surface area contributed by atoms with Gasteiger partial charge in [-0.1, -0.05) is 78.3 Å². The van der Waals surface area contributed by atoms with Gasteiger partial charge in [0.1, 0.15) is 11.8 Å². The molecule has 40 heavy (non-hydrogen) atoms. The van der Waals surface area contributed by atoms with E-state index in [9.17, 15) is 23.1 Å². The highest BCUT2D eigenvalue weighted by molar-refractivity contribution is 7.92. The summed E-state index contributed by atoms with van der Waals surface area (Å²) in [5.74, 6) is -1.23. The predicted molar refractivity (Wildman–Crippen MR) is 152 cm³/mol. The fraction of sp³-hybridized carbons (Fsp3) is 0.161. The zero-order valence-corrected chi connectivity index (χ0v) is 23.0. The zero-order chi connectivity index (χ0) is 28.4. The first-order valence-electron chi connectivity index (χ1n) is 12.6. The van der Waals surface area contributed by atoms with E-state index in [1.54, 1.807) is 73.8 Å². The third kappa shape index (κ3) is 4.96. The number of halogens is 1. The highest BCUT2D eigenvalue weighted by Crippen LogP contribution is 2.45. The summed E-state index contributed by atoms with van der Waals surface area (Å²) in [6, 6.07) is 26.1. The molecule has 3 atom stereocenters. The van der Waals surface area contributed by atoms with Gasteiger partial charge in [-0.2, -0.15) is 0 Å². The highest BCUT2D eigenvalue weighted by Gasteiger charge is 2.53. The Morgan fingerprint density at radius 3 is 2.15 bits per heavy atom. The number of carboxylic acid groups (broad SMARTS) is 1. The summed E-state index contributed by atoms with van der Waals surface area (Å²) >= 11 is 6.53. The molecule has 0 aliphatic carbocycles. The van der Waals surface area contributed by atoms with Crippen molar-refractivity contribution in [2.75, 3.05) is 7.11 Å². The topological polar surface area (TPSA) is 101 Å². The summed E-state index contributed by atoms with van der Waals surface area (Å²) < 4.78 is 33.2. The van der Waals surface area contributed by atoms with Crippen LogP contribution in [0.25, 0.3) is 11.1 Å². The maximum Gasteiger partial charge on any atom is 0.326 e. The van der Waals surface area contributed by atoms with Gasteiger partial charge in [-0.05, 0) is 53.9 Å². The number of carboxylic acids is 1. The van der Waals surface area contributed by atoms with E-state index < -0.39 is 39.0 Å². The lowest BCUT2D eigenvalue weighted by Gasteiger charge is -2.31. The Balaban J connectivity index is 1.60. The van der Waals surface area contributed by atoms with Crippen molar-refractivity contribution in [3.63, 3.8) is 0 Å². The molecule has 1 N–H and O–H groups in total. The Hall–Kier alpha value is -4.14. The number of benzene rings is 4. The second kappa shape index (κ2) is 11.2. The van der Waals surface area contributed by atoms with Crippen LogP contribution in [0.4, 0.5) is 0 Å². The predicted octanol–water partition coefficient (Wildman–Crippen LogP) is 5.90. The lowest BCUT2D eigenvalue weighted by Crippen LogP contribution is -2.42. The van der Waals surface area contributed by atoms with Crippen molar-refractivity contribution in [1.29, 1.82) is 0 Å². The number of sulfone groups is 1. The molecule has 0 bridgehead atoms. The van der Waals surface area contributed by atoms with Crippen LogP contribution in [0, 0.1) is 0 Å². The maximum absolute atomic E-state index is 14.0. The van der Waals surface area contributed by atoms with Crippen molar-refractivity contribution in [2.45, 2.75) is 28.6 Å². The summed E-state index contributed by atoms with van der Waals surface area (Å²) in [6.07, 6.45) is -0.284. The van der Waals surface area contributed by atoms with Crippen molar-refractivity contribution < 1.29 is 27.9 Å². The first-order chi connectivity index (χ1) is 19.2. The number of para-hydroxylation sites is 1. The lowest BCUT2D eigenvalue weighted by molar-refractivity contribution is -0.141. The van der Waals surface area contributed by atoms with E-state index in [1.807, 2.05) is 24.3 Å². The van der Waals surface area contributed by atoms with Crippen molar-refractivity contribution >= 4 is 33.3 Å². The average Bonchev–Trinajstić information content (AvgIpc) is 3.39. The van der Waals surface area contributed by atoms with Gasteiger partial charge in [0, 0.05) is 16.1 Å². The van der Waals surface area contributed by atoms with E-state index in [-0.39, 0.29) is 21.9 Å². The second-order valence-corrected chi connectivity index (χ2v) is 12.0. The van der Waals surface area contributed by atoms with Crippen LogP contribution < -0.4 is 4.74 Å². The van der Waals surface area contributed by atoms with Crippen LogP contribution in [0.1, 0.15) is 28.4 Å². The highest BCUT2D eigenvalue weighted by atomic mass is 35.5. The number of hydrogen-bond donors (Lipinski definition) is 1. The number of nitrogens with zero attached hydrogens (tertiary/aromatic N) is 1. The Bertz CT molecular complexity index is 1660. The van der Waals surface area contributed by atoms with Gasteiger partial charge in [0.2, 0.25) is 0 Å². The first kappa shape index (κ1) is 27.4. The zero-order valence-electron chi connectivity index (χ0n) is 21.5. The van der Waals surface area contributed by atoms with E-state index in [0.717, 1.165) is 16.0 Å². The quantitative estimate of drug-likeness (QED) is 0.294. The van der Waals surface area contributed by atoms with Crippen LogP contribution in [0.3, 0.4) is 0 Å². The summed E-state index contributed by atoms with van der Waals surface area (Å²) in [6.45, 7) is 0. The Morgan fingerprint density at radius 1 is 0.875 bits per heavy atom. The molecule has 7 nitrogen and oxygen atoms in total. The third-order valence-corrected chi connectivity index (χ3v) is 9.73. The molecule has 1 fully saturated rings. The van der Waals surface area contributed by atoms with Gasteiger partial charge < -0.3 is 14.7 Å². The molecular weight excluding hydrogens is 550 g/mol. The molecule has 1 aliphatic rings. The summed E-state index contributed by atoms with van der Waals surface area (Å²) in [7, 11) is -2.47. The molecule has 1 aliphatic heterocycles. The molecule has 9 heteroatoms. The number of rotatable bonds is 7. The monoisotopic (exact) mass is 575 g/mol. The van der Waals surface area contributed by atoms with E-state index >= 15 is 0 Å². The molecule has 2 unspecified atom stereocenters. The summed E-state index contributed by atoms with van der Waals surface area (Å²) in [5, 5.41) is 9.20. The number of methoxy groups -OCH3 is 1. The molecule has 1 heterocycles. The lowest BCUT2D eigenvalue weighted by atomic mass is 10.0. The molecule has 1 saturated heterocycles. The number of amides is 1. The smallest absolute Gasteiger partial charge is 0.326 e. The maximum atomic E-state index is 14.0. The number of carbonyl (C=O) groups is 2. The van der Waals surface area contributed by atoms with Crippen LogP contribution in [-0.2, 0) is 14.6 Å². The van der Waals surface area contributed by atoms with Crippen LogP contribution >= 0.6 is 11.6 Å². The van der Waals surface area contributed by atoms with Crippen LogP contribution in [0.2, 0.25) is 5.02 Å². The molecule has 5 rings (SSSR count). The second-order valence-electron chi connectivity index (χ2n) is 9.44. The van der Waals surface area contributed by atoms with E-state index in [2.05, 4.69) is 0 Å². The van der Waals surface area contributed by atoms with E-state index in [0.29, 0.717) is 11.3 Å². The van der Waals surface area contributed by atoms with Crippen molar-refractivity contribution in [3.8, 4) is 16.9 Å². The molecule has 0 radical (unpaired) electrons. The number of aliphatic carboxylic acids is 1. The van der Waals surface area contributed by atoms with Gasteiger partial charge in [-0.15, -0.1) is 0 Å². The van der Waals surface area contributed by atoms with Crippen molar-refractivity contribution in [3.05, 3.63) is 119 Å². The Kier molecular flexibility index (Phi) is 7.65. The van der Waals surface area contributed by atoms with E-state index in [4.69, 9.17) is 16.3 Å². The minimum atomic E-state index is -4.05. The molecule has 0 aromatic heterocycles. The van der Waals surface area contributed by atoms with Gasteiger partial charge >= 0.3 is 5.97 Å². The largest absolute Gasteiger partial charge is 0.496 e. The van der Waals surface area contributed by atoms with Gasteiger partial charge in [0.05, 0.1) is 23.3 Å². The Labute approximate surface area is 237 Å². The van der Waals surface area contributed by atoms with E-state index in [1.165, 1.54) is 12.1 Å². The Morgan fingerprint density at radius 2 is 1.50 bits per heavy atom. The molecule has 0 spiro atoms. The third-order valence-electron chi connectivity index (χ3n) is 7.21. The number of hydrogen-bond acceptors (Lipinski definition) is 5. The first-order valence-corrected chi connectivity index (χ1v) is 14.5. The van der Waals surface area contributed by atoms with Crippen LogP contribution in [0.5, 0.6) is 5.75 Å².